The maximum atomic E-state index is 5.06. The zero-order chi connectivity index (χ0) is 22.3. The number of aromatic amines is 1. The van der Waals surface area contributed by atoms with Gasteiger partial charge in [0.2, 0.25) is 0 Å². The number of likely N-dealkylation sites (tertiary alicyclic amines) is 1. The highest BCUT2D eigenvalue weighted by Crippen LogP contribution is 2.26. The second-order valence-electron chi connectivity index (χ2n) is 9.15. The van der Waals surface area contributed by atoms with Crippen LogP contribution in [-0.4, -0.2) is 67.5 Å². The molecule has 1 aromatic heterocycles. The van der Waals surface area contributed by atoms with Crippen LogP contribution in [-0.2, 0) is 12.8 Å². The van der Waals surface area contributed by atoms with E-state index >= 15 is 0 Å². The standard InChI is InChI=1S/C25H35N5.C2H6/c1-19-17-24-23(18-21(28-24)9-14-29-12-3-2-4-13-29)25(27-19)20-5-7-22(8-6-20)30-15-10-26-11-16-30;1-2/h5-8,18-19,26,28H,2-4,9-17H2,1H3;1-2H3. The van der Waals surface area contributed by atoms with E-state index < -0.39 is 0 Å². The fourth-order valence-corrected chi connectivity index (χ4v) is 5.14. The molecule has 1 atom stereocenters. The number of aromatic nitrogens is 1. The zero-order valence-electron chi connectivity index (χ0n) is 20.3. The van der Waals surface area contributed by atoms with Gasteiger partial charge in [-0.05, 0) is 51.1 Å². The molecule has 0 amide bonds. The fraction of sp³-hybridized carbons (Fsp3) is 0.593. The Balaban J connectivity index is 0.00000119. The van der Waals surface area contributed by atoms with E-state index in [-0.39, 0.29) is 0 Å². The molecule has 0 bridgehead atoms. The van der Waals surface area contributed by atoms with E-state index in [9.17, 15) is 0 Å². The molecule has 5 rings (SSSR count). The van der Waals surface area contributed by atoms with Gasteiger partial charge in [0.15, 0.2) is 0 Å². The number of aliphatic imine (C=N–C) groups is 1. The summed E-state index contributed by atoms with van der Waals surface area (Å²) in [6, 6.07) is 11.8. The van der Waals surface area contributed by atoms with Gasteiger partial charge in [0, 0.05) is 73.8 Å². The molecular formula is C27H41N5. The predicted octanol–water partition coefficient (Wildman–Crippen LogP) is 4.26. The van der Waals surface area contributed by atoms with Crippen LogP contribution in [0.3, 0.4) is 0 Å². The number of fused-ring (bicyclic) bond motifs is 1. The first kappa shape index (κ1) is 23.1. The molecule has 0 aliphatic carbocycles. The molecule has 5 nitrogen and oxygen atoms in total. The Kier molecular flexibility index (Phi) is 8.04. The molecule has 5 heteroatoms. The summed E-state index contributed by atoms with van der Waals surface area (Å²) in [5.74, 6) is 0. The summed E-state index contributed by atoms with van der Waals surface area (Å²) in [7, 11) is 0. The Bertz CT molecular complexity index is 870. The predicted molar refractivity (Wildman–Crippen MR) is 136 cm³/mol. The minimum absolute atomic E-state index is 0.328. The second kappa shape index (κ2) is 11.2. The van der Waals surface area contributed by atoms with Gasteiger partial charge in [0.1, 0.15) is 0 Å². The van der Waals surface area contributed by atoms with Gasteiger partial charge < -0.3 is 20.1 Å². The molecule has 4 heterocycles. The van der Waals surface area contributed by atoms with Gasteiger partial charge in [-0.3, -0.25) is 4.99 Å². The molecule has 1 aromatic carbocycles. The maximum absolute atomic E-state index is 5.06. The fourth-order valence-electron chi connectivity index (χ4n) is 5.14. The van der Waals surface area contributed by atoms with Crippen molar-refractivity contribution >= 4 is 11.4 Å². The largest absolute Gasteiger partial charge is 0.369 e. The average molecular weight is 436 g/mol. The number of hydrogen-bond acceptors (Lipinski definition) is 4. The third kappa shape index (κ3) is 5.44. The summed E-state index contributed by atoms with van der Waals surface area (Å²) < 4.78 is 0. The number of rotatable bonds is 5. The number of benzene rings is 1. The summed E-state index contributed by atoms with van der Waals surface area (Å²) >= 11 is 0. The molecular weight excluding hydrogens is 394 g/mol. The Labute approximate surface area is 194 Å². The Morgan fingerprint density at radius 3 is 2.41 bits per heavy atom. The first-order chi connectivity index (χ1) is 15.8. The number of hydrogen-bond donors (Lipinski definition) is 2. The van der Waals surface area contributed by atoms with Crippen molar-refractivity contribution in [3.8, 4) is 0 Å². The third-order valence-electron chi connectivity index (χ3n) is 6.83. The molecule has 3 aliphatic rings. The highest BCUT2D eigenvalue weighted by Gasteiger charge is 2.23. The third-order valence-corrected chi connectivity index (χ3v) is 6.83. The molecule has 2 saturated heterocycles. The average Bonchev–Trinajstić information content (AvgIpc) is 3.27. The summed E-state index contributed by atoms with van der Waals surface area (Å²) in [6.45, 7) is 14.2. The van der Waals surface area contributed by atoms with E-state index in [1.807, 2.05) is 13.8 Å². The number of H-pyrrole nitrogens is 1. The monoisotopic (exact) mass is 435 g/mol. The second-order valence-corrected chi connectivity index (χ2v) is 9.15. The van der Waals surface area contributed by atoms with Crippen LogP contribution in [0.15, 0.2) is 35.3 Å². The van der Waals surface area contributed by atoms with Gasteiger partial charge in [-0.15, -0.1) is 0 Å². The molecule has 0 spiro atoms. The Morgan fingerprint density at radius 2 is 1.69 bits per heavy atom. The van der Waals surface area contributed by atoms with E-state index in [0.717, 1.165) is 44.7 Å². The van der Waals surface area contributed by atoms with Crippen molar-refractivity contribution < 1.29 is 0 Å². The van der Waals surface area contributed by atoms with E-state index in [1.165, 1.54) is 67.1 Å². The normalized spacial score (nSPS) is 21.4. The SMILES string of the molecule is CC.CC1Cc2[nH]c(CCN3CCCCC3)cc2C(c2ccc(N3CCNCC3)cc2)=N1. The molecule has 0 saturated carbocycles. The van der Waals surface area contributed by atoms with Crippen LogP contribution in [0.25, 0.3) is 0 Å². The maximum Gasteiger partial charge on any atom is 0.0740 e. The van der Waals surface area contributed by atoms with Crippen molar-refractivity contribution in [1.82, 2.24) is 15.2 Å². The molecule has 32 heavy (non-hydrogen) atoms. The molecule has 3 aliphatic heterocycles. The molecule has 174 valence electrons. The summed E-state index contributed by atoms with van der Waals surface area (Å²) in [5.41, 5.74) is 7.77. The summed E-state index contributed by atoms with van der Waals surface area (Å²) in [6.07, 6.45) is 6.25. The van der Waals surface area contributed by atoms with Crippen molar-refractivity contribution in [2.24, 2.45) is 4.99 Å². The molecule has 2 fully saturated rings. The highest BCUT2D eigenvalue weighted by molar-refractivity contribution is 6.14. The van der Waals surface area contributed by atoms with Crippen molar-refractivity contribution in [2.75, 3.05) is 50.7 Å². The number of anilines is 1. The van der Waals surface area contributed by atoms with Crippen LogP contribution >= 0.6 is 0 Å². The molecule has 2 N–H and O–H groups in total. The lowest BCUT2D eigenvalue weighted by Crippen LogP contribution is -2.43. The number of piperidine rings is 1. The van der Waals surface area contributed by atoms with Gasteiger partial charge in [0.05, 0.1) is 11.8 Å². The van der Waals surface area contributed by atoms with Crippen molar-refractivity contribution in [3.63, 3.8) is 0 Å². The van der Waals surface area contributed by atoms with Crippen LogP contribution < -0.4 is 10.2 Å². The van der Waals surface area contributed by atoms with Gasteiger partial charge in [0.25, 0.3) is 0 Å². The Morgan fingerprint density at radius 1 is 0.969 bits per heavy atom. The quantitative estimate of drug-likeness (QED) is 0.738. The van der Waals surface area contributed by atoms with E-state index in [4.69, 9.17) is 4.99 Å². The number of nitrogens with one attached hydrogen (secondary N) is 2. The topological polar surface area (TPSA) is 46.7 Å². The van der Waals surface area contributed by atoms with Gasteiger partial charge in [-0.2, -0.15) is 0 Å². The van der Waals surface area contributed by atoms with Crippen LogP contribution in [0.4, 0.5) is 5.69 Å². The van der Waals surface area contributed by atoms with E-state index in [0.29, 0.717) is 6.04 Å². The van der Waals surface area contributed by atoms with E-state index in [1.54, 1.807) is 0 Å². The molecule has 0 radical (unpaired) electrons. The smallest absolute Gasteiger partial charge is 0.0740 e. The van der Waals surface area contributed by atoms with Crippen molar-refractivity contribution in [3.05, 3.63) is 52.8 Å². The lowest BCUT2D eigenvalue weighted by Gasteiger charge is -2.29. The Hall–Kier alpha value is -2.11. The van der Waals surface area contributed by atoms with Crippen molar-refractivity contribution in [2.45, 2.75) is 58.9 Å². The lowest BCUT2D eigenvalue weighted by molar-refractivity contribution is 0.231. The lowest BCUT2D eigenvalue weighted by atomic mass is 9.95. The van der Waals surface area contributed by atoms with Crippen molar-refractivity contribution in [1.29, 1.82) is 0 Å². The van der Waals surface area contributed by atoms with Crippen LogP contribution in [0, 0.1) is 0 Å². The summed E-state index contributed by atoms with van der Waals surface area (Å²) in [5, 5.41) is 3.43. The van der Waals surface area contributed by atoms with Gasteiger partial charge in [-0.25, -0.2) is 0 Å². The highest BCUT2D eigenvalue weighted by atomic mass is 15.2. The zero-order valence-corrected chi connectivity index (χ0v) is 20.3. The van der Waals surface area contributed by atoms with Crippen LogP contribution in [0.1, 0.15) is 62.5 Å². The number of piperazine rings is 1. The van der Waals surface area contributed by atoms with Gasteiger partial charge in [-0.1, -0.05) is 32.4 Å². The molecule has 2 aromatic rings. The molecule has 1 unspecified atom stereocenters. The first-order valence-corrected chi connectivity index (χ1v) is 12.8. The van der Waals surface area contributed by atoms with E-state index in [2.05, 4.69) is 57.4 Å². The number of nitrogens with zero attached hydrogens (tertiary/aromatic N) is 3. The van der Waals surface area contributed by atoms with Crippen LogP contribution in [0.5, 0.6) is 0 Å². The summed E-state index contributed by atoms with van der Waals surface area (Å²) in [4.78, 5) is 13.9. The minimum atomic E-state index is 0.328. The van der Waals surface area contributed by atoms with Gasteiger partial charge >= 0.3 is 0 Å². The first-order valence-electron chi connectivity index (χ1n) is 12.8. The van der Waals surface area contributed by atoms with Crippen LogP contribution in [0.2, 0.25) is 0 Å². The minimum Gasteiger partial charge on any atom is -0.369 e.